The number of nitrogens with zero attached hydrogens (tertiary/aromatic N) is 1. The molecule has 0 N–H and O–H groups in total. The van der Waals surface area contributed by atoms with E-state index in [1.165, 1.54) is 27.6 Å². The van der Waals surface area contributed by atoms with Crippen molar-refractivity contribution in [2.24, 2.45) is 7.05 Å². The second kappa shape index (κ2) is 4.45. The van der Waals surface area contributed by atoms with Gasteiger partial charge in [0, 0.05) is 28.5 Å². The summed E-state index contributed by atoms with van der Waals surface area (Å²) in [7, 11) is 2.08. The molecule has 2 heterocycles. The van der Waals surface area contributed by atoms with Gasteiger partial charge >= 0.3 is 0 Å². The second-order valence-electron chi connectivity index (χ2n) is 5.46. The van der Waals surface area contributed by atoms with Gasteiger partial charge in [0.1, 0.15) is 18.2 Å². The van der Waals surface area contributed by atoms with Gasteiger partial charge in [-0.15, -0.1) is 0 Å². The first-order chi connectivity index (χ1) is 10.2. The molecule has 0 saturated carbocycles. The maximum Gasteiger partial charge on any atom is 0.212 e. The number of pyridine rings is 1. The number of hydrogen-bond acceptors (Lipinski definition) is 1. The van der Waals surface area contributed by atoms with Crippen LogP contribution in [0.3, 0.4) is 0 Å². The van der Waals surface area contributed by atoms with E-state index in [0.29, 0.717) is 0 Å². The summed E-state index contributed by atoms with van der Waals surface area (Å²) in [5.74, 6) is 0. The molecule has 0 fully saturated rings. The molecule has 0 radical (unpaired) electrons. The van der Waals surface area contributed by atoms with Crippen molar-refractivity contribution < 1.29 is 8.98 Å². The highest BCUT2D eigenvalue weighted by atomic mass is 16.3. The van der Waals surface area contributed by atoms with Crippen LogP contribution in [0.15, 0.2) is 65.2 Å². The predicted molar refractivity (Wildman–Crippen MR) is 85.1 cm³/mol. The monoisotopic (exact) mass is 274 g/mol. The van der Waals surface area contributed by atoms with Gasteiger partial charge in [-0.1, -0.05) is 18.2 Å². The Kier molecular flexibility index (Phi) is 2.58. The molecule has 0 amide bonds. The maximum absolute atomic E-state index is 5.95. The minimum absolute atomic E-state index is 0.946. The molecular weight excluding hydrogens is 258 g/mol. The minimum atomic E-state index is 0.946. The van der Waals surface area contributed by atoms with E-state index in [1.807, 2.05) is 18.2 Å². The molecule has 0 aliphatic carbocycles. The number of hydrogen-bond donors (Lipinski definition) is 0. The summed E-state index contributed by atoms with van der Waals surface area (Å²) >= 11 is 0. The van der Waals surface area contributed by atoms with Crippen molar-refractivity contribution in [3.63, 3.8) is 0 Å². The Balaban J connectivity index is 2.08. The molecule has 0 atom stereocenters. The van der Waals surface area contributed by atoms with Crippen LogP contribution >= 0.6 is 0 Å². The van der Waals surface area contributed by atoms with Gasteiger partial charge < -0.3 is 4.42 Å². The van der Waals surface area contributed by atoms with Gasteiger partial charge in [0.2, 0.25) is 5.69 Å². The first-order valence-corrected chi connectivity index (χ1v) is 7.11. The molecule has 2 aromatic carbocycles. The average molecular weight is 274 g/mol. The normalized spacial score (nSPS) is 11.3. The quantitative estimate of drug-likeness (QED) is 0.471. The van der Waals surface area contributed by atoms with Crippen LogP contribution in [-0.2, 0) is 7.05 Å². The lowest BCUT2D eigenvalue weighted by Crippen LogP contribution is -2.30. The van der Waals surface area contributed by atoms with Crippen molar-refractivity contribution in [2.45, 2.75) is 6.92 Å². The number of rotatable bonds is 1. The van der Waals surface area contributed by atoms with Crippen molar-refractivity contribution in [2.75, 3.05) is 0 Å². The summed E-state index contributed by atoms with van der Waals surface area (Å²) in [6.45, 7) is 2.13. The fraction of sp³-hybridized carbons (Fsp3) is 0.105. The van der Waals surface area contributed by atoms with Crippen molar-refractivity contribution in [3.8, 4) is 11.3 Å². The largest absolute Gasteiger partial charge is 0.456 e. The van der Waals surface area contributed by atoms with Gasteiger partial charge in [-0.05, 0) is 36.8 Å². The molecule has 0 saturated heterocycles. The highest BCUT2D eigenvalue weighted by molar-refractivity contribution is 6.06. The van der Waals surface area contributed by atoms with Crippen molar-refractivity contribution >= 4 is 21.9 Å². The van der Waals surface area contributed by atoms with Gasteiger partial charge in [0.15, 0.2) is 6.20 Å². The number of furan rings is 1. The number of aryl methyl sites for hydroxylation is 2. The predicted octanol–water partition coefficient (Wildman–Crippen LogP) is 4.39. The molecule has 4 rings (SSSR count). The molecule has 0 unspecified atom stereocenters. The number of aromatic nitrogens is 1. The summed E-state index contributed by atoms with van der Waals surface area (Å²) in [4.78, 5) is 0. The van der Waals surface area contributed by atoms with Crippen LogP contribution in [0, 0.1) is 6.92 Å². The third-order valence-electron chi connectivity index (χ3n) is 4.05. The van der Waals surface area contributed by atoms with Crippen LogP contribution in [0.2, 0.25) is 0 Å². The second-order valence-corrected chi connectivity index (χ2v) is 5.46. The third-order valence-corrected chi connectivity index (χ3v) is 4.05. The summed E-state index contributed by atoms with van der Waals surface area (Å²) in [6, 6.07) is 18.9. The Morgan fingerprint density at radius 1 is 0.857 bits per heavy atom. The SMILES string of the molecule is Cc1cc2oc3ccccc3c2cc1-c1cccc[n+]1C. The van der Waals surface area contributed by atoms with Crippen LogP contribution in [0.4, 0.5) is 0 Å². The molecule has 0 aliphatic rings. The van der Waals surface area contributed by atoms with Crippen LogP contribution < -0.4 is 4.57 Å². The minimum Gasteiger partial charge on any atom is -0.456 e. The first-order valence-electron chi connectivity index (χ1n) is 7.11. The Hall–Kier alpha value is -2.61. The highest BCUT2D eigenvalue weighted by Crippen LogP contribution is 2.33. The third kappa shape index (κ3) is 1.83. The summed E-state index contributed by atoms with van der Waals surface area (Å²) < 4.78 is 8.10. The van der Waals surface area contributed by atoms with E-state index in [4.69, 9.17) is 4.42 Å². The lowest BCUT2D eigenvalue weighted by molar-refractivity contribution is -0.660. The Morgan fingerprint density at radius 3 is 2.52 bits per heavy atom. The summed E-state index contributed by atoms with van der Waals surface area (Å²) in [5.41, 5.74) is 5.58. The zero-order valence-electron chi connectivity index (χ0n) is 12.1. The van der Waals surface area contributed by atoms with E-state index in [9.17, 15) is 0 Å². The zero-order chi connectivity index (χ0) is 14.4. The van der Waals surface area contributed by atoms with Crippen LogP contribution in [-0.4, -0.2) is 0 Å². The van der Waals surface area contributed by atoms with Crippen molar-refractivity contribution in [3.05, 3.63) is 66.4 Å². The average Bonchev–Trinajstić information content (AvgIpc) is 2.84. The van der Waals surface area contributed by atoms with E-state index in [1.54, 1.807) is 0 Å². The van der Waals surface area contributed by atoms with Crippen molar-refractivity contribution in [1.29, 1.82) is 0 Å². The molecule has 0 bridgehead atoms. The Morgan fingerprint density at radius 2 is 1.67 bits per heavy atom. The fourth-order valence-corrected chi connectivity index (χ4v) is 2.95. The standard InChI is InChI=1S/C19H16NO/c1-13-11-19-16(14-7-3-4-9-18(14)21-19)12-15(13)17-8-5-6-10-20(17)2/h3-12H,1-2H3/q+1. The zero-order valence-corrected chi connectivity index (χ0v) is 12.1. The van der Waals surface area contributed by atoms with Gasteiger partial charge in [-0.2, -0.15) is 0 Å². The lowest BCUT2D eigenvalue weighted by atomic mass is 10.0. The van der Waals surface area contributed by atoms with E-state index >= 15 is 0 Å². The molecule has 0 aliphatic heterocycles. The van der Waals surface area contributed by atoms with Crippen molar-refractivity contribution in [1.82, 2.24) is 0 Å². The molecule has 4 aromatic rings. The van der Waals surface area contributed by atoms with E-state index in [-0.39, 0.29) is 0 Å². The first kappa shape index (κ1) is 12.2. The molecule has 2 nitrogen and oxygen atoms in total. The van der Waals surface area contributed by atoms with E-state index in [0.717, 1.165) is 11.2 Å². The van der Waals surface area contributed by atoms with Crippen LogP contribution in [0.25, 0.3) is 33.2 Å². The molecular formula is C19H16NO+. The summed E-state index contributed by atoms with van der Waals surface area (Å²) in [6.07, 6.45) is 2.08. The Labute approximate surface area is 123 Å². The lowest BCUT2D eigenvalue weighted by Gasteiger charge is -2.04. The maximum atomic E-state index is 5.95. The molecule has 2 heteroatoms. The van der Waals surface area contributed by atoms with Gasteiger partial charge in [-0.25, -0.2) is 4.57 Å². The number of benzene rings is 2. The molecule has 2 aromatic heterocycles. The highest BCUT2D eigenvalue weighted by Gasteiger charge is 2.15. The number of para-hydroxylation sites is 1. The number of fused-ring (bicyclic) bond motifs is 3. The fourth-order valence-electron chi connectivity index (χ4n) is 2.95. The topological polar surface area (TPSA) is 17.0 Å². The van der Waals surface area contributed by atoms with E-state index in [2.05, 4.69) is 61.1 Å². The molecule has 0 spiro atoms. The van der Waals surface area contributed by atoms with Gasteiger partial charge in [-0.3, -0.25) is 0 Å². The van der Waals surface area contributed by atoms with Gasteiger partial charge in [0.05, 0.1) is 0 Å². The molecule has 102 valence electrons. The Bertz CT molecular complexity index is 966. The smallest absolute Gasteiger partial charge is 0.212 e. The van der Waals surface area contributed by atoms with E-state index < -0.39 is 0 Å². The van der Waals surface area contributed by atoms with Crippen LogP contribution in [0.5, 0.6) is 0 Å². The molecule has 21 heavy (non-hydrogen) atoms. The van der Waals surface area contributed by atoms with Gasteiger partial charge in [0.25, 0.3) is 0 Å². The summed E-state index contributed by atoms with van der Waals surface area (Å²) in [5, 5.41) is 2.35. The van der Waals surface area contributed by atoms with Crippen LogP contribution in [0.1, 0.15) is 5.56 Å².